The summed E-state index contributed by atoms with van der Waals surface area (Å²) >= 11 is 0. The molecule has 0 fully saturated rings. The lowest BCUT2D eigenvalue weighted by molar-refractivity contribution is 0.463. The summed E-state index contributed by atoms with van der Waals surface area (Å²) in [4.78, 5) is -0.281. The maximum absolute atomic E-state index is 12.1. The van der Waals surface area contributed by atoms with Crippen molar-refractivity contribution in [2.24, 2.45) is 5.10 Å². The topological polar surface area (TPSA) is 104 Å². The quantitative estimate of drug-likeness (QED) is 0.229. The molecule has 3 aliphatic rings. The fourth-order valence-corrected chi connectivity index (χ4v) is 4.86. The second kappa shape index (κ2) is 7.62. The molecule has 2 aliphatic heterocycles. The zero-order valence-corrected chi connectivity index (χ0v) is 18.4. The van der Waals surface area contributed by atoms with Gasteiger partial charge < -0.3 is 8.97 Å². The summed E-state index contributed by atoms with van der Waals surface area (Å²) < 4.78 is 46.1. The molecule has 0 saturated carbocycles. The molecule has 0 saturated heterocycles. The standard InChI is InChI=1S/C25H16N4O4S/c30-34(31,32)24-6-2-1-5-21(24)25-19-9-7-17(28-13-3-11-26-28)15-22(19)33-23-16-18(8-10-20(23)25)29-14-4-12-27-29/h1-16H. The summed E-state index contributed by atoms with van der Waals surface area (Å²) in [5.74, 6) is 0.520. The van der Waals surface area contributed by atoms with E-state index in [1.54, 1.807) is 33.9 Å². The average Bonchev–Trinajstić information content (AvgIpc) is 3.56. The van der Waals surface area contributed by atoms with Gasteiger partial charge in [-0.15, -0.1) is 0 Å². The maximum Gasteiger partial charge on any atom is 0.241 e. The van der Waals surface area contributed by atoms with Crippen LogP contribution in [0.25, 0.3) is 39.1 Å². The largest absolute Gasteiger partial charge is 0.744 e. The summed E-state index contributed by atoms with van der Waals surface area (Å²) in [7, 11) is -4.72. The van der Waals surface area contributed by atoms with Crippen LogP contribution in [0.5, 0.6) is 0 Å². The second-order valence-electron chi connectivity index (χ2n) is 7.69. The summed E-state index contributed by atoms with van der Waals surface area (Å²) in [6.45, 7) is 0. The fourth-order valence-electron chi connectivity index (χ4n) is 4.18. The van der Waals surface area contributed by atoms with Gasteiger partial charge in [0.2, 0.25) is 11.6 Å². The highest BCUT2D eigenvalue weighted by molar-refractivity contribution is 7.85. The van der Waals surface area contributed by atoms with Crippen LogP contribution in [0.1, 0.15) is 0 Å². The Morgan fingerprint density at radius 3 is 2.62 bits per heavy atom. The number of rotatable bonds is 3. The highest BCUT2D eigenvalue weighted by Crippen LogP contribution is 2.42. The van der Waals surface area contributed by atoms with Crippen LogP contribution in [-0.4, -0.2) is 29.0 Å². The molecule has 6 rings (SSSR count). The van der Waals surface area contributed by atoms with E-state index in [9.17, 15) is 13.0 Å². The summed E-state index contributed by atoms with van der Waals surface area (Å²) in [6.07, 6.45) is 8.81. The predicted molar refractivity (Wildman–Crippen MR) is 126 cm³/mol. The minimum atomic E-state index is -4.72. The Labute approximate surface area is 194 Å². The van der Waals surface area contributed by atoms with E-state index >= 15 is 0 Å². The smallest absolute Gasteiger partial charge is 0.241 e. The van der Waals surface area contributed by atoms with E-state index in [0.29, 0.717) is 33.4 Å². The predicted octanol–water partition coefficient (Wildman–Crippen LogP) is 3.58. The van der Waals surface area contributed by atoms with Crippen molar-refractivity contribution >= 4 is 27.3 Å². The third-order valence-corrected chi connectivity index (χ3v) is 6.55. The molecule has 34 heavy (non-hydrogen) atoms. The van der Waals surface area contributed by atoms with Gasteiger partial charge in [0, 0.05) is 52.7 Å². The number of aromatic nitrogens is 2. The van der Waals surface area contributed by atoms with E-state index in [1.807, 2.05) is 60.9 Å². The molecule has 1 aliphatic carbocycles. The van der Waals surface area contributed by atoms with Crippen LogP contribution < -0.4 is 10.0 Å². The minimum Gasteiger partial charge on any atom is -0.744 e. The number of hydrogen-bond donors (Lipinski definition) is 0. The Morgan fingerprint density at radius 1 is 0.971 bits per heavy atom. The number of hydrazone groups is 1. The van der Waals surface area contributed by atoms with Crippen molar-refractivity contribution in [1.29, 1.82) is 0 Å². The van der Waals surface area contributed by atoms with Crippen LogP contribution in [0, 0.1) is 0 Å². The number of nitrogens with zero attached hydrogens (tertiary/aromatic N) is 4. The van der Waals surface area contributed by atoms with Gasteiger partial charge in [0.15, 0.2) is 0 Å². The first kappa shape index (κ1) is 20.3. The molecule has 0 bridgehead atoms. The lowest BCUT2D eigenvalue weighted by Crippen LogP contribution is -2.18. The number of fused-ring (bicyclic) bond motifs is 2. The van der Waals surface area contributed by atoms with Gasteiger partial charge in [-0.05, 0) is 35.4 Å². The van der Waals surface area contributed by atoms with Crippen molar-refractivity contribution in [2.45, 2.75) is 4.90 Å². The van der Waals surface area contributed by atoms with Crippen LogP contribution in [0.3, 0.4) is 0 Å². The van der Waals surface area contributed by atoms with Gasteiger partial charge in [-0.25, -0.2) is 13.1 Å². The first-order valence-electron chi connectivity index (χ1n) is 10.4. The van der Waals surface area contributed by atoms with Crippen LogP contribution >= 0.6 is 0 Å². The van der Waals surface area contributed by atoms with E-state index in [4.69, 9.17) is 4.42 Å². The monoisotopic (exact) mass is 468 g/mol. The van der Waals surface area contributed by atoms with E-state index in [0.717, 1.165) is 11.0 Å². The Balaban J connectivity index is 1.74. The number of hydrogen-bond acceptors (Lipinski definition) is 6. The van der Waals surface area contributed by atoms with Crippen LogP contribution in [0.2, 0.25) is 0 Å². The van der Waals surface area contributed by atoms with Gasteiger partial charge in [0.25, 0.3) is 0 Å². The van der Waals surface area contributed by atoms with Gasteiger partial charge in [0.1, 0.15) is 27.7 Å². The van der Waals surface area contributed by atoms with E-state index in [-0.39, 0.29) is 4.90 Å². The molecule has 0 radical (unpaired) electrons. The Bertz CT molecular complexity index is 1770. The van der Waals surface area contributed by atoms with Crippen molar-refractivity contribution < 1.29 is 17.4 Å². The first-order chi connectivity index (χ1) is 16.5. The van der Waals surface area contributed by atoms with Gasteiger partial charge >= 0.3 is 0 Å². The molecule has 166 valence electrons. The van der Waals surface area contributed by atoms with Crippen LogP contribution in [0.4, 0.5) is 0 Å². The van der Waals surface area contributed by atoms with Gasteiger partial charge in [-0.3, -0.25) is 0 Å². The lowest BCUT2D eigenvalue weighted by atomic mass is 9.93. The van der Waals surface area contributed by atoms with E-state index in [1.165, 1.54) is 12.1 Å². The summed E-state index contributed by atoms with van der Waals surface area (Å²) in [5, 5.41) is 10.00. The van der Waals surface area contributed by atoms with Crippen molar-refractivity contribution in [3.05, 3.63) is 96.8 Å². The van der Waals surface area contributed by atoms with Crippen molar-refractivity contribution in [3.63, 3.8) is 0 Å². The highest BCUT2D eigenvalue weighted by atomic mass is 32.2. The lowest BCUT2D eigenvalue weighted by Gasteiger charge is -2.19. The maximum atomic E-state index is 12.1. The Hall–Kier alpha value is -4.34. The molecule has 9 heteroatoms. The first-order valence-corrected chi connectivity index (χ1v) is 11.8. The molecule has 0 unspecified atom stereocenters. The van der Waals surface area contributed by atoms with Crippen LogP contribution in [0.15, 0.2) is 106 Å². The molecule has 1 aromatic heterocycles. The normalized spacial score (nSPS) is 15.0. The minimum absolute atomic E-state index is 0.281. The average molecular weight is 468 g/mol. The van der Waals surface area contributed by atoms with Crippen LogP contribution in [-0.2, 0) is 10.1 Å². The molecule has 8 nitrogen and oxygen atoms in total. The molecule has 3 aromatic rings. The van der Waals surface area contributed by atoms with E-state index in [2.05, 4.69) is 10.2 Å². The Morgan fingerprint density at radius 2 is 1.85 bits per heavy atom. The highest BCUT2D eigenvalue weighted by Gasteiger charge is 2.22. The SMILES string of the molecule is O=S(=O)([O-])c1ccccc1-c1c2cc/c(=[N+]3/C=CC=N3)cc-2oc2cc(-n3cccn3)ccc12. The molecular weight excluding hydrogens is 452 g/mol. The molecule has 0 atom stereocenters. The van der Waals surface area contributed by atoms with Crippen molar-refractivity contribution in [1.82, 2.24) is 14.5 Å². The molecule has 0 amide bonds. The zero-order chi connectivity index (χ0) is 23.3. The Kier molecular flexibility index (Phi) is 4.54. The zero-order valence-electron chi connectivity index (χ0n) is 17.6. The number of allylic oxidation sites excluding steroid dienone is 1. The molecule has 0 spiro atoms. The van der Waals surface area contributed by atoms with Gasteiger partial charge in [-0.2, -0.15) is 5.10 Å². The molecule has 0 N–H and O–H groups in total. The van der Waals surface area contributed by atoms with Gasteiger partial charge in [-0.1, -0.05) is 22.9 Å². The van der Waals surface area contributed by atoms with E-state index < -0.39 is 10.1 Å². The number of benzene rings is 3. The molecule has 2 aromatic carbocycles. The third kappa shape index (κ3) is 3.35. The van der Waals surface area contributed by atoms with Crippen molar-refractivity contribution in [2.75, 3.05) is 0 Å². The molecule has 3 heterocycles. The van der Waals surface area contributed by atoms with Gasteiger partial charge in [0.05, 0.1) is 16.6 Å². The molecular formula is C25H16N4O4S. The fraction of sp³-hybridized carbons (Fsp3) is 0. The van der Waals surface area contributed by atoms with Crippen molar-refractivity contribution in [3.8, 4) is 28.1 Å². The third-order valence-electron chi connectivity index (χ3n) is 5.65. The summed E-state index contributed by atoms with van der Waals surface area (Å²) in [5.41, 5.74) is 2.89. The second-order valence-corrected chi connectivity index (χ2v) is 9.04. The summed E-state index contributed by atoms with van der Waals surface area (Å²) in [6, 6.07) is 19.1.